The van der Waals surface area contributed by atoms with Gasteiger partial charge < -0.3 is 0 Å². The third-order valence-corrected chi connectivity index (χ3v) is 2.79. The van der Waals surface area contributed by atoms with Crippen molar-refractivity contribution in [3.63, 3.8) is 0 Å². The lowest BCUT2D eigenvalue weighted by Crippen LogP contribution is -2.08. The van der Waals surface area contributed by atoms with Gasteiger partial charge in [0.2, 0.25) is 0 Å². The van der Waals surface area contributed by atoms with Gasteiger partial charge in [-0.3, -0.25) is 0 Å². The van der Waals surface area contributed by atoms with Gasteiger partial charge in [0.1, 0.15) is 0 Å². The molecule has 0 radical (unpaired) electrons. The van der Waals surface area contributed by atoms with Crippen LogP contribution in [0.4, 0.5) is 13.2 Å². The zero-order chi connectivity index (χ0) is 13.3. The molecule has 0 atom stereocenters. The summed E-state index contributed by atoms with van der Waals surface area (Å²) in [5.41, 5.74) is 1.39. The van der Waals surface area contributed by atoms with Gasteiger partial charge in [0.25, 0.3) is 0 Å². The molecule has 1 aromatic carbocycles. The van der Waals surface area contributed by atoms with E-state index in [4.69, 9.17) is 11.6 Å². The van der Waals surface area contributed by atoms with E-state index in [1.54, 1.807) is 12.1 Å². The average Bonchev–Trinajstić information content (AvgIpc) is 2.77. The zero-order valence-electron chi connectivity index (χ0n) is 9.50. The fourth-order valence-corrected chi connectivity index (χ4v) is 1.87. The van der Waals surface area contributed by atoms with E-state index in [-0.39, 0.29) is 5.88 Å². The summed E-state index contributed by atoms with van der Waals surface area (Å²) in [5.74, 6) is 0.220. The molecule has 0 saturated carbocycles. The Bertz CT molecular complexity index is 561. The van der Waals surface area contributed by atoms with E-state index in [1.807, 2.05) is 13.0 Å². The molecule has 0 unspecified atom stereocenters. The van der Waals surface area contributed by atoms with Gasteiger partial charge in [0.05, 0.1) is 5.69 Å². The molecule has 18 heavy (non-hydrogen) atoms. The van der Waals surface area contributed by atoms with Crippen molar-refractivity contribution >= 4 is 11.6 Å². The first-order valence-electron chi connectivity index (χ1n) is 5.20. The quantitative estimate of drug-likeness (QED) is 0.759. The van der Waals surface area contributed by atoms with Crippen molar-refractivity contribution in [2.75, 3.05) is 0 Å². The maximum absolute atomic E-state index is 12.5. The lowest BCUT2D eigenvalue weighted by Gasteiger charge is -2.08. The second-order valence-corrected chi connectivity index (χ2v) is 4.18. The molecule has 2 nitrogen and oxygen atoms in total. The van der Waals surface area contributed by atoms with Crippen molar-refractivity contribution in [3.05, 3.63) is 47.3 Å². The Morgan fingerprint density at radius 2 is 2.00 bits per heavy atom. The molecule has 0 saturated heterocycles. The highest BCUT2D eigenvalue weighted by Crippen LogP contribution is 2.28. The zero-order valence-corrected chi connectivity index (χ0v) is 10.3. The molecule has 0 aliphatic heterocycles. The molecule has 2 rings (SSSR count). The van der Waals surface area contributed by atoms with Crippen LogP contribution >= 0.6 is 11.6 Å². The average molecular weight is 275 g/mol. The van der Waals surface area contributed by atoms with Gasteiger partial charge in [-0.05, 0) is 24.6 Å². The van der Waals surface area contributed by atoms with E-state index in [9.17, 15) is 13.2 Å². The number of benzene rings is 1. The van der Waals surface area contributed by atoms with Gasteiger partial charge >= 0.3 is 6.18 Å². The Balaban J connectivity index is 2.46. The number of nitrogens with zero attached hydrogens (tertiary/aromatic N) is 2. The molecule has 0 aliphatic rings. The SMILES string of the molecule is Cc1ccc(-n2ccc(C(F)(F)F)n2)c(CCl)c1. The third-order valence-electron chi connectivity index (χ3n) is 2.51. The van der Waals surface area contributed by atoms with Gasteiger partial charge in [-0.25, -0.2) is 4.68 Å². The summed E-state index contributed by atoms with van der Waals surface area (Å²) >= 11 is 5.79. The maximum Gasteiger partial charge on any atom is 0.435 e. The normalized spacial score (nSPS) is 11.8. The van der Waals surface area contributed by atoms with E-state index in [1.165, 1.54) is 10.9 Å². The predicted octanol–water partition coefficient (Wildman–Crippen LogP) is 3.94. The number of rotatable bonds is 2. The minimum Gasteiger partial charge on any atom is -0.240 e. The van der Waals surface area contributed by atoms with Crippen molar-refractivity contribution in [2.24, 2.45) is 0 Å². The monoisotopic (exact) mass is 274 g/mol. The summed E-state index contributed by atoms with van der Waals surface area (Å²) in [4.78, 5) is 0. The second-order valence-electron chi connectivity index (χ2n) is 3.91. The topological polar surface area (TPSA) is 17.8 Å². The molecule has 0 bridgehead atoms. The van der Waals surface area contributed by atoms with Crippen molar-refractivity contribution in [2.45, 2.75) is 19.0 Å². The Morgan fingerprint density at radius 3 is 2.56 bits per heavy atom. The lowest BCUT2D eigenvalue weighted by atomic mass is 10.1. The standard InChI is InChI=1S/C12H10ClF3N2/c1-8-2-3-10(9(6-8)7-13)18-5-4-11(17-18)12(14,15)16/h2-6H,7H2,1H3. The number of aryl methyl sites for hydroxylation is 1. The number of alkyl halides is 4. The van der Waals surface area contributed by atoms with Crippen LogP contribution in [0.2, 0.25) is 0 Å². The molecule has 0 aliphatic carbocycles. The van der Waals surface area contributed by atoms with Crippen LogP contribution in [0, 0.1) is 6.92 Å². The first-order valence-corrected chi connectivity index (χ1v) is 5.74. The first kappa shape index (κ1) is 13.0. The molecule has 2 aromatic rings. The van der Waals surface area contributed by atoms with E-state index in [0.717, 1.165) is 17.2 Å². The number of aromatic nitrogens is 2. The molecular weight excluding hydrogens is 265 g/mol. The van der Waals surface area contributed by atoms with Gasteiger partial charge in [-0.2, -0.15) is 18.3 Å². The van der Waals surface area contributed by atoms with Crippen LogP contribution in [0.5, 0.6) is 0 Å². The summed E-state index contributed by atoms with van der Waals surface area (Å²) in [6.45, 7) is 1.89. The van der Waals surface area contributed by atoms with Gasteiger partial charge in [-0.15, -0.1) is 11.6 Å². The maximum atomic E-state index is 12.5. The van der Waals surface area contributed by atoms with Crippen molar-refractivity contribution in [3.8, 4) is 5.69 Å². The molecule has 0 amide bonds. The Hall–Kier alpha value is -1.49. The summed E-state index contributed by atoms with van der Waals surface area (Å²) < 4.78 is 38.6. The molecule has 0 N–H and O–H groups in total. The number of halogens is 4. The molecule has 0 fully saturated rings. The predicted molar refractivity (Wildman–Crippen MR) is 62.9 cm³/mol. The molecular formula is C12H10ClF3N2. The Morgan fingerprint density at radius 1 is 1.28 bits per heavy atom. The lowest BCUT2D eigenvalue weighted by molar-refractivity contribution is -0.141. The van der Waals surface area contributed by atoms with Crippen molar-refractivity contribution in [1.82, 2.24) is 9.78 Å². The van der Waals surface area contributed by atoms with Crippen LogP contribution in [-0.2, 0) is 12.1 Å². The van der Waals surface area contributed by atoms with E-state index >= 15 is 0 Å². The summed E-state index contributed by atoms with van der Waals surface area (Å²) in [6, 6.07) is 6.29. The van der Waals surface area contributed by atoms with E-state index in [2.05, 4.69) is 5.10 Å². The van der Waals surface area contributed by atoms with Crippen LogP contribution in [0.1, 0.15) is 16.8 Å². The highest BCUT2D eigenvalue weighted by atomic mass is 35.5. The van der Waals surface area contributed by atoms with E-state index < -0.39 is 11.9 Å². The van der Waals surface area contributed by atoms with Gasteiger partial charge in [-0.1, -0.05) is 17.7 Å². The van der Waals surface area contributed by atoms with Crippen LogP contribution in [0.15, 0.2) is 30.5 Å². The molecule has 6 heteroatoms. The Kier molecular flexibility index (Phi) is 3.34. The highest BCUT2D eigenvalue weighted by Gasteiger charge is 2.33. The van der Waals surface area contributed by atoms with Crippen molar-refractivity contribution in [1.29, 1.82) is 0 Å². The Labute approximate surface area is 107 Å². The smallest absolute Gasteiger partial charge is 0.240 e. The van der Waals surface area contributed by atoms with Crippen LogP contribution in [0.3, 0.4) is 0 Å². The molecule has 1 heterocycles. The summed E-state index contributed by atoms with van der Waals surface area (Å²) in [7, 11) is 0. The molecule has 1 aromatic heterocycles. The van der Waals surface area contributed by atoms with Crippen LogP contribution in [-0.4, -0.2) is 9.78 Å². The largest absolute Gasteiger partial charge is 0.435 e. The minimum atomic E-state index is -4.43. The minimum absolute atomic E-state index is 0.220. The van der Waals surface area contributed by atoms with Gasteiger partial charge in [0.15, 0.2) is 5.69 Å². The van der Waals surface area contributed by atoms with E-state index in [0.29, 0.717) is 5.69 Å². The fraction of sp³-hybridized carbons (Fsp3) is 0.250. The number of hydrogen-bond donors (Lipinski definition) is 0. The summed E-state index contributed by atoms with van der Waals surface area (Å²) in [6.07, 6.45) is -3.15. The van der Waals surface area contributed by atoms with Crippen molar-refractivity contribution < 1.29 is 13.2 Å². The van der Waals surface area contributed by atoms with Crippen LogP contribution < -0.4 is 0 Å². The fourth-order valence-electron chi connectivity index (χ4n) is 1.65. The summed E-state index contributed by atoms with van der Waals surface area (Å²) in [5, 5.41) is 3.52. The van der Waals surface area contributed by atoms with Gasteiger partial charge in [0, 0.05) is 12.1 Å². The second kappa shape index (κ2) is 4.65. The number of hydrogen-bond acceptors (Lipinski definition) is 1. The molecule has 96 valence electrons. The molecule has 0 spiro atoms. The third kappa shape index (κ3) is 2.51. The first-order chi connectivity index (χ1) is 8.41. The van der Waals surface area contributed by atoms with Crippen LogP contribution in [0.25, 0.3) is 5.69 Å². The highest BCUT2D eigenvalue weighted by molar-refractivity contribution is 6.17.